The average Bonchev–Trinajstić information content (AvgIpc) is 2.74. The molecule has 0 bridgehead atoms. The van der Waals surface area contributed by atoms with Gasteiger partial charge in [-0.3, -0.25) is 14.2 Å². The third kappa shape index (κ3) is 4.96. The van der Waals surface area contributed by atoms with Gasteiger partial charge in [-0.25, -0.2) is 4.79 Å². The number of benzene rings is 2. The van der Waals surface area contributed by atoms with Crippen LogP contribution in [0, 0.1) is 6.92 Å². The second-order valence-corrected chi connectivity index (χ2v) is 7.22. The van der Waals surface area contributed by atoms with Crippen LogP contribution in [-0.2, 0) is 12.7 Å². The Morgan fingerprint density at radius 3 is 2.38 bits per heavy atom. The summed E-state index contributed by atoms with van der Waals surface area (Å²) < 4.78 is 40.2. The lowest BCUT2D eigenvalue weighted by Gasteiger charge is -2.13. The molecule has 0 aliphatic carbocycles. The Kier molecular flexibility index (Phi) is 6.61. The summed E-state index contributed by atoms with van der Waals surface area (Å²) >= 11 is 0. The first-order valence-corrected chi connectivity index (χ1v) is 9.87. The zero-order valence-electron chi connectivity index (χ0n) is 17.4. The van der Waals surface area contributed by atoms with Crippen LogP contribution in [0.4, 0.5) is 13.2 Å². The van der Waals surface area contributed by atoms with Gasteiger partial charge in [-0.1, -0.05) is 31.2 Å². The van der Waals surface area contributed by atoms with E-state index in [1.807, 2.05) is 19.9 Å². The van der Waals surface area contributed by atoms with Gasteiger partial charge in [-0.2, -0.15) is 23.0 Å². The number of hydrogen-bond acceptors (Lipinski definition) is 4. The van der Waals surface area contributed by atoms with Crippen molar-refractivity contribution in [1.29, 1.82) is 0 Å². The number of halogens is 3. The van der Waals surface area contributed by atoms with E-state index in [0.717, 1.165) is 26.9 Å². The Balaban J connectivity index is 2.13. The molecule has 0 saturated heterocycles. The molecule has 10 heteroatoms. The fraction of sp³-hybridized carbons (Fsp3) is 0.273. The fourth-order valence-electron chi connectivity index (χ4n) is 3.03. The van der Waals surface area contributed by atoms with Crippen LogP contribution in [0.5, 0.6) is 0 Å². The van der Waals surface area contributed by atoms with Crippen LogP contribution in [0.25, 0.3) is 5.69 Å². The molecule has 1 aromatic heterocycles. The largest absolute Gasteiger partial charge is 0.416 e. The van der Waals surface area contributed by atoms with E-state index in [9.17, 15) is 27.6 Å². The Labute approximate surface area is 181 Å². The van der Waals surface area contributed by atoms with E-state index in [-0.39, 0.29) is 6.54 Å². The van der Waals surface area contributed by atoms with Gasteiger partial charge in [-0.15, -0.1) is 0 Å². The van der Waals surface area contributed by atoms with Crippen molar-refractivity contribution in [3.63, 3.8) is 0 Å². The summed E-state index contributed by atoms with van der Waals surface area (Å²) in [6.07, 6.45) is -3.88. The van der Waals surface area contributed by atoms with Crippen molar-refractivity contribution < 1.29 is 18.0 Å². The second-order valence-electron chi connectivity index (χ2n) is 7.22. The van der Waals surface area contributed by atoms with Crippen LogP contribution in [0.1, 0.15) is 40.5 Å². The van der Waals surface area contributed by atoms with Gasteiger partial charge in [0.25, 0.3) is 11.5 Å². The molecule has 3 rings (SSSR count). The van der Waals surface area contributed by atoms with E-state index >= 15 is 0 Å². The molecular weight excluding hydrogens is 425 g/mol. The second kappa shape index (κ2) is 9.21. The van der Waals surface area contributed by atoms with Gasteiger partial charge in [0, 0.05) is 6.54 Å². The third-order valence-corrected chi connectivity index (χ3v) is 4.68. The summed E-state index contributed by atoms with van der Waals surface area (Å²) in [4.78, 5) is 38.5. The molecule has 168 valence electrons. The van der Waals surface area contributed by atoms with Gasteiger partial charge < -0.3 is 5.32 Å². The highest BCUT2D eigenvalue weighted by Gasteiger charge is 2.30. The van der Waals surface area contributed by atoms with Crippen molar-refractivity contribution in [2.24, 2.45) is 0 Å². The lowest BCUT2D eigenvalue weighted by atomic mass is 10.1. The first kappa shape index (κ1) is 23.0. The van der Waals surface area contributed by atoms with E-state index in [4.69, 9.17) is 0 Å². The highest BCUT2D eigenvalue weighted by atomic mass is 19.4. The summed E-state index contributed by atoms with van der Waals surface area (Å²) in [6.45, 7) is 3.63. The summed E-state index contributed by atoms with van der Waals surface area (Å²) in [5, 5.41) is 6.55. The number of nitrogens with zero attached hydrogens (tertiary/aromatic N) is 3. The number of nitrogens with one attached hydrogen (secondary N) is 1. The number of aromatic nitrogens is 3. The number of carbonyl (C=O) groups excluding carboxylic acids is 1. The zero-order chi connectivity index (χ0) is 23.5. The maximum Gasteiger partial charge on any atom is 0.416 e. The standard InChI is InChI=1S/C22H21F3N4O3/c1-3-11-26-19(30)18-20(31)28(13-15-7-9-16(10-8-15)22(23,24)25)21(32)29(27-18)17-6-4-5-14(2)12-17/h4-10,12H,3,11,13H2,1-2H3,(H,26,30). The molecule has 1 amide bonds. The Morgan fingerprint density at radius 1 is 1.09 bits per heavy atom. The molecule has 0 aliphatic heterocycles. The van der Waals surface area contributed by atoms with E-state index in [1.54, 1.807) is 18.2 Å². The smallest absolute Gasteiger partial charge is 0.350 e. The maximum absolute atomic E-state index is 13.1. The van der Waals surface area contributed by atoms with Crippen LogP contribution in [-0.4, -0.2) is 26.8 Å². The summed E-state index contributed by atoms with van der Waals surface area (Å²) in [6, 6.07) is 10.9. The van der Waals surface area contributed by atoms with Crippen LogP contribution < -0.4 is 16.6 Å². The first-order chi connectivity index (χ1) is 15.1. The van der Waals surface area contributed by atoms with Crippen molar-refractivity contribution >= 4 is 5.91 Å². The van der Waals surface area contributed by atoms with Gasteiger partial charge in [0.1, 0.15) is 0 Å². The molecule has 2 aromatic carbocycles. The van der Waals surface area contributed by atoms with Crippen LogP contribution in [0.2, 0.25) is 0 Å². The Hall–Kier alpha value is -3.69. The molecule has 0 spiro atoms. The monoisotopic (exact) mass is 446 g/mol. The highest BCUT2D eigenvalue weighted by Crippen LogP contribution is 2.29. The molecule has 0 aliphatic rings. The van der Waals surface area contributed by atoms with E-state index in [0.29, 0.717) is 24.2 Å². The van der Waals surface area contributed by atoms with Crippen molar-refractivity contribution in [3.05, 3.63) is 91.8 Å². The molecule has 0 unspecified atom stereocenters. The molecule has 0 saturated carbocycles. The quantitative estimate of drug-likeness (QED) is 0.631. The molecule has 0 radical (unpaired) electrons. The topological polar surface area (TPSA) is 86.0 Å². The predicted octanol–water partition coefficient (Wildman–Crippen LogP) is 2.91. The maximum atomic E-state index is 13.1. The Bertz CT molecular complexity index is 1250. The normalized spacial score (nSPS) is 11.4. The van der Waals surface area contributed by atoms with Crippen LogP contribution in [0.15, 0.2) is 58.1 Å². The summed E-state index contributed by atoms with van der Waals surface area (Å²) in [5.41, 5.74) is -1.60. The number of carbonyl (C=O) groups is 1. The number of amides is 1. The van der Waals surface area contributed by atoms with E-state index in [1.165, 1.54) is 12.1 Å². The lowest BCUT2D eigenvalue weighted by Crippen LogP contribution is -2.46. The minimum atomic E-state index is -4.51. The number of alkyl halides is 3. The summed E-state index contributed by atoms with van der Waals surface area (Å²) in [7, 11) is 0. The predicted molar refractivity (Wildman–Crippen MR) is 112 cm³/mol. The third-order valence-electron chi connectivity index (χ3n) is 4.68. The van der Waals surface area contributed by atoms with Crippen LogP contribution in [0.3, 0.4) is 0 Å². The molecule has 7 nitrogen and oxygen atoms in total. The highest BCUT2D eigenvalue weighted by molar-refractivity contribution is 5.91. The van der Waals surface area contributed by atoms with E-state index in [2.05, 4.69) is 10.4 Å². The van der Waals surface area contributed by atoms with Crippen molar-refractivity contribution in [1.82, 2.24) is 19.7 Å². The molecule has 3 aromatic rings. The Morgan fingerprint density at radius 2 is 1.78 bits per heavy atom. The van der Waals surface area contributed by atoms with Crippen molar-refractivity contribution in [3.8, 4) is 5.69 Å². The SMILES string of the molecule is CCCNC(=O)c1nn(-c2cccc(C)c2)c(=O)n(Cc2ccc(C(F)(F)F)cc2)c1=O. The molecule has 1 N–H and O–H groups in total. The van der Waals surface area contributed by atoms with Gasteiger partial charge in [0.2, 0.25) is 5.69 Å². The molecule has 32 heavy (non-hydrogen) atoms. The number of aryl methyl sites for hydroxylation is 1. The van der Waals surface area contributed by atoms with Gasteiger partial charge in [0.15, 0.2) is 0 Å². The van der Waals surface area contributed by atoms with Gasteiger partial charge >= 0.3 is 11.9 Å². The van der Waals surface area contributed by atoms with E-state index < -0.39 is 34.6 Å². The van der Waals surface area contributed by atoms with Crippen molar-refractivity contribution in [2.75, 3.05) is 6.54 Å². The minimum absolute atomic E-state index is 0.291. The zero-order valence-corrected chi connectivity index (χ0v) is 17.4. The fourth-order valence-corrected chi connectivity index (χ4v) is 3.03. The van der Waals surface area contributed by atoms with Crippen molar-refractivity contribution in [2.45, 2.75) is 33.0 Å². The average molecular weight is 446 g/mol. The van der Waals surface area contributed by atoms with Gasteiger partial charge in [-0.05, 0) is 48.7 Å². The number of rotatable bonds is 6. The van der Waals surface area contributed by atoms with Gasteiger partial charge in [0.05, 0.1) is 17.8 Å². The summed E-state index contributed by atoms with van der Waals surface area (Å²) in [5.74, 6) is -0.737. The lowest BCUT2D eigenvalue weighted by molar-refractivity contribution is -0.137. The molecule has 1 heterocycles. The molecule has 0 fully saturated rings. The molecular formula is C22H21F3N4O3. The first-order valence-electron chi connectivity index (χ1n) is 9.87. The number of hydrogen-bond donors (Lipinski definition) is 1. The van der Waals surface area contributed by atoms with Crippen LogP contribution >= 0.6 is 0 Å². The molecule has 0 atom stereocenters. The minimum Gasteiger partial charge on any atom is -0.350 e.